The predicted molar refractivity (Wildman–Crippen MR) is 119 cm³/mol. The minimum absolute atomic E-state index is 0.0505. The number of hydrogen-bond acceptors (Lipinski definition) is 6. The van der Waals surface area contributed by atoms with Crippen molar-refractivity contribution in [3.8, 4) is 11.3 Å². The molecule has 3 heterocycles. The van der Waals surface area contributed by atoms with E-state index in [9.17, 15) is 8.42 Å². The van der Waals surface area contributed by atoms with Crippen LogP contribution in [0.3, 0.4) is 0 Å². The van der Waals surface area contributed by atoms with E-state index in [1.54, 1.807) is 12.3 Å². The van der Waals surface area contributed by atoms with Crippen molar-refractivity contribution in [1.82, 2.24) is 19.7 Å². The van der Waals surface area contributed by atoms with Gasteiger partial charge in [0.2, 0.25) is 0 Å². The Balaban J connectivity index is 1.33. The van der Waals surface area contributed by atoms with Gasteiger partial charge in [0.1, 0.15) is 10.7 Å². The van der Waals surface area contributed by atoms with Gasteiger partial charge in [-0.15, -0.1) is 0 Å². The van der Waals surface area contributed by atoms with Crippen LogP contribution in [0.1, 0.15) is 62.6 Å². The van der Waals surface area contributed by atoms with Gasteiger partial charge in [0.05, 0.1) is 11.7 Å². The molecule has 4 aliphatic rings. The smallest absolute Gasteiger partial charge is 0.179 e. The molecule has 3 aliphatic carbocycles. The molecule has 6 rings (SSSR count). The molecule has 0 spiro atoms. The Labute approximate surface area is 183 Å². The molecule has 2 atom stereocenters. The fraction of sp³-hybridized carbons (Fsp3) is 0.652. The van der Waals surface area contributed by atoms with E-state index in [1.165, 1.54) is 70.0 Å². The highest BCUT2D eigenvalue weighted by atomic mass is 32.2. The van der Waals surface area contributed by atoms with Gasteiger partial charge in [-0.1, -0.05) is 19.3 Å². The van der Waals surface area contributed by atoms with Gasteiger partial charge >= 0.3 is 0 Å². The first-order valence-corrected chi connectivity index (χ1v) is 13.6. The topological polar surface area (TPSA) is 94.1 Å². The number of fused-ring (bicyclic) bond motifs is 1. The first-order chi connectivity index (χ1) is 14.9. The fourth-order valence-electron chi connectivity index (χ4n) is 6.18. The lowest BCUT2D eigenvalue weighted by Gasteiger charge is -2.36. The van der Waals surface area contributed by atoms with Crippen LogP contribution >= 0.6 is 0 Å². The van der Waals surface area contributed by atoms with Crippen molar-refractivity contribution in [1.29, 1.82) is 0 Å². The zero-order valence-corrected chi connectivity index (χ0v) is 18.9. The van der Waals surface area contributed by atoms with E-state index < -0.39 is 9.84 Å². The van der Waals surface area contributed by atoms with Crippen molar-refractivity contribution >= 4 is 15.7 Å². The molecule has 31 heavy (non-hydrogen) atoms. The standard InChI is InChI=1S/C23H31N5O2S/c1-31(29,30)21-9-14(11-25-23(21)24)19-10-20(28(26-19)16-5-2-3-6-16)22-17-12-27(13-18(17)22)15-7-4-8-15/h9-11,15-18,22H,2-8,12-13H2,1H3,(H2,24,25). The second-order valence-electron chi connectivity index (χ2n) is 10.1. The van der Waals surface area contributed by atoms with E-state index in [-0.39, 0.29) is 10.7 Å². The van der Waals surface area contributed by atoms with E-state index >= 15 is 0 Å². The Morgan fingerprint density at radius 1 is 1.00 bits per heavy atom. The van der Waals surface area contributed by atoms with Crippen LogP contribution in [-0.2, 0) is 9.84 Å². The molecule has 1 aliphatic heterocycles. The number of hydrogen-bond donors (Lipinski definition) is 1. The van der Waals surface area contributed by atoms with Gasteiger partial charge < -0.3 is 5.73 Å². The van der Waals surface area contributed by atoms with Gasteiger partial charge in [-0.25, -0.2) is 13.4 Å². The van der Waals surface area contributed by atoms with Gasteiger partial charge in [0.25, 0.3) is 0 Å². The third kappa shape index (κ3) is 3.30. The summed E-state index contributed by atoms with van der Waals surface area (Å²) in [7, 11) is -3.44. The van der Waals surface area contributed by atoms with E-state index in [1.807, 2.05) is 0 Å². The quantitative estimate of drug-likeness (QED) is 0.765. The number of nitrogen functional groups attached to an aromatic ring is 1. The van der Waals surface area contributed by atoms with E-state index in [0.717, 1.165) is 29.1 Å². The van der Waals surface area contributed by atoms with E-state index in [2.05, 4.69) is 20.6 Å². The molecule has 4 fully saturated rings. The van der Waals surface area contributed by atoms with Crippen LogP contribution in [0.2, 0.25) is 0 Å². The third-order valence-electron chi connectivity index (χ3n) is 8.17. The van der Waals surface area contributed by atoms with Crippen LogP contribution in [-0.4, -0.2) is 53.5 Å². The summed E-state index contributed by atoms with van der Waals surface area (Å²) in [5.41, 5.74) is 8.74. The molecule has 7 nitrogen and oxygen atoms in total. The Hall–Kier alpha value is -1.93. The maximum absolute atomic E-state index is 12.1. The molecule has 2 aromatic heterocycles. The number of piperidine rings is 1. The van der Waals surface area contributed by atoms with Gasteiger partial charge in [-0.3, -0.25) is 9.58 Å². The SMILES string of the molecule is CS(=O)(=O)c1cc(-c2cc(C3C4CN(C5CCC5)CC43)n(C3CCCC3)n2)cnc1N. The minimum Gasteiger partial charge on any atom is -0.383 e. The molecule has 0 bridgehead atoms. The summed E-state index contributed by atoms with van der Waals surface area (Å²) < 4.78 is 26.6. The Kier molecular flexibility index (Phi) is 4.48. The average Bonchev–Trinajstić information content (AvgIpc) is 3.17. The normalized spacial score (nSPS) is 29.3. The van der Waals surface area contributed by atoms with Crippen molar-refractivity contribution in [2.24, 2.45) is 11.8 Å². The maximum atomic E-state index is 12.1. The molecule has 8 heteroatoms. The zero-order chi connectivity index (χ0) is 21.3. The van der Waals surface area contributed by atoms with Gasteiger partial charge in [0, 0.05) is 48.8 Å². The van der Waals surface area contributed by atoms with Crippen LogP contribution in [0.25, 0.3) is 11.3 Å². The summed E-state index contributed by atoms with van der Waals surface area (Å²) in [5.74, 6) is 2.15. The highest BCUT2D eigenvalue weighted by Gasteiger charge is 2.58. The highest BCUT2D eigenvalue weighted by molar-refractivity contribution is 7.90. The number of pyridine rings is 1. The first-order valence-electron chi connectivity index (χ1n) is 11.7. The average molecular weight is 442 g/mol. The summed E-state index contributed by atoms with van der Waals surface area (Å²) >= 11 is 0. The molecule has 0 amide bonds. The molecule has 2 aromatic rings. The number of aromatic nitrogens is 3. The van der Waals surface area contributed by atoms with Crippen LogP contribution in [0.5, 0.6) is 0 Å². The largest absolute Gasteiger partial charge is 0.383 e. The van der Waals surface area contributed by atoms with Crippen molar-refractivity contribution in [3.05, 3.63) is 24.0 Å². The summed E-state index contributed by atoms with van der Waals surface area (Å²) in [6.45, 7) is 2.46. The number of nitrogens with two attached hydrogens (primary N) is 1. The van der Waals surface area contributed by atoms with Gasteiger partial charge in [0.15, 0.2) is 9.84 Å². The second kappa shape index (κ2) is 7.04. The minimum atomic E-state index is -3.44. The summed E-state index contributed by atoms with van der Waals surface area (Å²) in [5, 5.41) is 5.01. The van der Waals surface area contributed by atoms with E-state index in [0.29, 0.717) is 12.0 Å². The molecule has 166 valence electrons. The Bertz CT molecular complexity index is 1100. The lowest BCUT2D eigenvalue weighted by atomic mass is 9.91. The summed E-state index contributed by atoms with van der Waals surface area (Å²) in [4.78, 5) is 6.97. The monoisotopic (exact) mass is 441 g/mol. The number of anilines is 1. The van der Waals surface area contributed by atoms with Crippen molar-refractivity contribution in [2.45, 2.75) is 67.8 Å². The van der Waals surface area contributed by atoms with E-state index in [4.69, 9.17) is 10.8 Å². The molecular formula is C23H31N5O2S. The van der Waals surface area contributed by atoms with Crippen LogP contribution in [0.4, 0.5) is 5.82 Å². The third-order valence-corrected chi connectivity index (χ3v) is 9.29. The fourth-order valence-corrected chi connectivity index (χ4v) is 6.95. The molecular weight excluding hydrogens is 410 g/mol. The zero-order valence-electron chi connectivity index (χ0n) is 18.1. The predicted octanol–water partition coefficient (Wildman–Crippen LogP) is 3.24. The molecule has 0 radical (unpaired) electrons. The molecule has 1 saturated heterocycles. The first kappa shape index (κ1) is 19.7. The van der Waals surface area contributed by atoms with Crippen molar-refractivity contribution in [2.75, 3.05) is 25.1 Å². The van der Waals surface area contributed by atoms with Gasteiger partial charge in [-0.05, 0) is 49.7 Å². The number of nitrogens with zero attached hydrogens (tertiary/aromatic N) is 4. The van der Waals surface area contributed by atoms with Gasteiger partial charge in [-0.2, -0.15) is 5.10 Å². The molecule has 2 N–H and O–H groups in total. The molecule has 0 aromatic carbocycles. The molecule has 2 unspecified atom stereocenters. The Morgan fingerprint density at radius 2 is 1.68 bits per heavy atom. The maximum Gasteiger partial charge on any atom is 0.179 e. The van der Waals surface area contributed by atoms with Crippen LogP contribution in [0, 0.1) is 11.8 Å². The lowest BCUT2D eigenvalue weighted by molar-refractivity contribution is 0.140. The van der Waals surface area contributed by atoms with Crippen molar-refractivity contribution in [3.63, 3.8) is 0 Å². The van der Waals surface area contributed by atoms with Crippen molar-refractivity contribution < 1.29 is 8.42 Å². The Morgan fingerprint density at radius 3 is 2.29 bits per heavy atom. The number of rotatable bonds is 5. The second-order valence-corrected chi connectivity index (χ2v) is 12.1. The number of sulfone groups is 1. The molecule has 3 saturated carbocycles. The highest BCUT2D eigenvalue weighted by Crippen LogP contribution is 2.60. The summed E-state index contributed by atoms with van der Waals surface area (Å²) in [6, 6.07) is 5.13. The van der Waals surface area contributed by atoms with Crippen LogP contribution in [0.15, 0.2) is 23.2 Å². The van der Waals surface area contributed by atoms with Crippen LogP contribution < -0.4 is 5.73 Å². The lowest BCUT2D eigenvalue weighted by Crippen LogP contribution is -2.40. The number of likely N-dealkylation sites (tertiary alicyclic amines) is 1. The summed E-state index contributed by atoms with van der Waals surface area (Å²) in [6.07, 6.45) is 11.8.